The van der Waals surface area contributed by atoms with E-state index in [9.17, 15) is 9.90 Å². The van der Waals surface area contributed by atoms with Gasteiger partial charge in [-0.2, -0.15) is 11.8 Å². The summed E-state index contributed by atoms with van der Waals surface area (Å²) in [6.45, 7) is 0.428. The second-order valence-electron chi connectivity index (χ2n) is 4.61. The van der Waals surface area contributed by atoms with Gasteiger partial charge in [-0.15, -0.1) is 22.7 Å². The maximum Gasteiger partial charge on any atom is 0.251 e. The average Bonchev–Trinajstić information content (AvgIpc) is 3.14. The number of nitrogens with zero attached hydrogens (tertiary/aromatic N) is 2. The van der Waals surface area contributed by atoms with E-state index in [2.05, 4.69) is 4.98 Å². The van der Waals surface area contributed by atoms with Gasteiger partial charge in [-0.25, -0.2) is 4.98 Å². The molecule has 0 aliphatic heterocycles. The molecule has 1 amide bonds. The Bertz CT molecular complexity index is 569. The van der Waals surface area contributed by atoms with E-state index in [0.29, 0.717) is 13.0 Å². The molecule has 0 saturated carbocycles. The van der Waals surface area contributed by atoms with Gasteiger partial charge in [-0.05, 0) is 29.9 Å². The Balaban J connectivity index is 1.93. The molecule has 0 saturated heterocycles. The van der Waals surface area contributed by atoms with Crippen molar-refractivity contribution in [3.05, 3.63) is 28.6 Å². The number of aliphatic hydroxyl groups excluding tert-OH is 1. The average molecular weight is 343 g/mol. The van der Waals surface area contributed by atoms with Crippen molar-refractivity contribution in [2.45, 2.75) is 19.1 Å². The summed E-state index contributed by atoms with van der Waals surface area (Å²) in [4.78, 5) is 19.3. The first-order chi connectivity index (χ1) is 10.1. The van der Waals surface area contributed by atoms with Gasteiger partial charge in [0.05, 0.1) is 17.1 Å². The quantitative estimate of drug-likeness (QED) is 0.840. The van der Waals surface area contributed by atoms with Crippen molar-refractivity contribution in [1.82, 2.24) is 9.88 Å². The summed E-state index contributed by atoms with van der Waals surface area (Å²) in [6, 6.07) is 4.03. The number of amides is 1. The minimum Gasteiger partial charge on any atom is -0.383 e. The standard InChI is InChI=1S/C14H18N2O2S3/c1-16(14(18)11(17)5-7-19-2)8-10-9-21-13(15-10)12-4-3-6-20-12/h3-4,6,9,11,17H,5,7-8H2,1-2H3/t11-/m0/s1. The van der Waals surface area contributed by atoms with Gasteiger partial charge in [0, 0.05) is 12.4 Å². The fourth-order valence-corrected chi connectivity index (χ4v) is 3.91. The molecule has 0 aliphatic carbocycles. The minimum absolute atomic E-state index is 0.241. The largest absolute Gasteiger partial charge is 0.383 e. The number of aromatic nitrogens is 1. The van der Waals surface area contributed by atoms with Crippen LogP contribution in [-0.2, 0) is 11.3 Å². The second kappa shape index (κ2) is 7.93. The summed E-state index contributed by atoms with van der Waals surface area (Å²) in [7, 11) is 1.70. The number of hydrogen-bond donors (Lipinski definition) is 1. The van der Waals surface area contributed by atoms with Crippen LogP contribution in [-0.4, -0.2) is 46.1 Å². The van der Waals surface area contributed by atoms with Crippen molar-refractivity contribution in [3.63, 3.8) is 0 Å². The zero-order chi connectivity index (χ0) is 15.2. The van der Waals surface area contributed by atoms with Gasteiger partial charge in [0.1, 0.15) is 11.1 Å². The summed E-state index contributed by atoms with van der Waals surface area (Å²) < 4.78 is 0. The zero-order valence-corrected chi connectivity index (χ0v) is 14.4. The Kier molecular flexibility index (Phi) is 6.22. The smallest absolute Gasteiger partial charge is 0.251 e. The van der Waals surface area contributed by atoms with E-state index in [-0.39, 0.29) is 5.91 Å². The lowest BCUT2D eigenvalue weighted by molar-refractivity contribution is -0.139. The second-order valence-corrected chi connectivity index (χ2v) is 7.40. The fourth-order valence-electron chi connectivity index (χ4n) is 1.82. The molecule has 2 aromatic heterocycles. The molecule has 4 nitrogen and oxygen atoms in total. The van der Waals surface area contributed by atoms with Crippen molar-refractivity contribution in [3.8, 4) is 9.88 Å². The van der Waals surface area contributed by atoms with Crippen molar-refractivity contribution < 1.29 is 9.90 Å². The van der Waals surface area contributed by atoms with Crippen LogP contribution in [0.2, 0.25) is 0 Å². The van der Waals surface area contributed by atoms with E-state index < -0.39 is 6.10 Å². The molecule has 2 heterocycles. The molecule has 0 unspecified atom stereocenters. The van der Waals surface area contributed by atoms with Gasteiger partial charge in [0.2, 0.25) is 0 Å². The number of thiophene rings is 1. The van der Waals surface area contributed by atoms with Crippen LogP contribution in [0.4, 0.5) is 0 Å². The van der Waals surface area contributed by atoms with Crippen LogP contribution in [0.3, 0.4) is 0 Å². The van der Waals surface area contributed by atoms with Gasteiger partial charge < -0.3 is 10.0 Å². The predicted octanol–water partition coefficient (Wildman–Crippen LogP) is 2.94. The molecule has 2 aromatic rings. The molecule has 0 fully saturated rings. The summed E-state index contributed by atoms with van der Waals surface area (Å²) in [6.07, 6.45) is 1.53. The summed E-state index contributed by atoms with van der Waals surface area (Å²) in [5.74, 6) is 0.537. The Morgan fingerprint density at radius 3 is 3.00 bits per heavy atom. The first-order valence-electron chi connectivity index (χ1n) is 6.52. The van der Waals surface area contributed by atoms with Crippen LogP contribution in [0.25, 0.3) is 9.88 Å². The van der Waals surface area contributed by atoms with Crippen molar-refractivity contribution in [1.29, 1.82) is 0 Å². The van der Waals surface area contributed by atoms with E-state index in [1.54, 1.807) is 41.5 Å². The highest BCUT2D eigenvalue weighted by Gasteiger charge is 2.19. The lowest BCUT2D eigenvalue weighted by Crippen LogP contribution is -2.36. The molecule has 0 bridgehead atoms. The lowest BCUT2D eigenvalue weighted by atomic mass is 10.2. The Labute approximate surface area is 136 Å². The molecule has 1 atom stereocenters. The molecule has 2 rings (SSSR count). The first kappa shape index (κ1) is 16.5. The van der Waals surface area contributed by atoms with E-state index in [1.165, 1.54) is 4.90 Å². The van der Waals surface area contributed by atoms with Gasteiger partial charge in [0.15, 0.2) is 0 Å². The topological polar surface area (TPSA) is 53.4 Å². The third kappa shape index (κ3) is 4.54. The van der Waals surface area contributed by atoms with Crippen LogP contribution < -0.4 is 0 Å². The predicted molar refractivity (Wildman–Crippen MR) is 90.9 cm³/mol. The zero-order valence-electron chi connectivity index (χ0n) is 12.0. The van der Waals surface area contributed by atoms with Gasteiger partial charge in [-0.1, -0.05) is 6.07 Å². The number of carbonyl (C=O) groups excluding carboxylic acids is 1. The fraction of sp³-hybridized carbons (Fsp3) is 0.429. The summed E-state index contributed by atoms with van der Waals surface area (Å²) >= 11 is 4.86. The molecule has 0 radical (unpaired) electrons. The molecular weight excluding hydrogens is 324 g/mol. The van der Waals surface area contributed by atoms with E-state index in [0.717, 1.165) is 21.3 Å². The first-order valence-corrected chi connectivity index (χ1v) is 9.67. The minimum atomic E-state index is -0.919. The maximum atomic E-state index is 12.0. The number of rotatable bonds is 7. The number of thioether (sulfide) groups is 1. The van der Waals surface area contributed by atoms with Crippen LogP contribution in [0.15, 0.2) is 22.9 Å². The van der Waals surface area contributed by atoms with Crippen LogP contribution in [0, 0.1) is 0 Å². The molecule has 21 heavy (non-hydrogen) atoms. The molecule has 114 valence electrons. The monoisotopic (exact) mass is 342 g/mol. The molecule has 0 aromatic carbocycles. The highest BCUT2D eigenvalue weighted by Crippen LogP contribution is 2.28. The third-order valence-corrected chi connectivity index (χ3v) is 5.51. The molecular formula is C14H18N2O2S3. The highest BCUT2D eigenvalue weighted by molar-refractivity contribution is 7.98. The molecule has 7 heteroatoms. The van der Waals surface area contributed by atoms with Gasteiger partial charge in [-0.3, -0.25) is 4.79 Å². The molecule has 1 N–H and O–H groups in total. The van der Waals surface area contributed by atoms with Crippen LogP contribution >= 0.6 is 34.4 Å². The van der Waals surface area contributed by atoms with Gasteiger partial charge >= 0.3 is 0 Å². The van der Waals surface area contributed by atoms with Crippen LogP contribution in [0.1, 0.15) is 12.1 Å². The number of likely N-dealkylation sites (N-methyl/N-ethyl adjacent to an activating group) is 1. The third-order valence-electron chi connectivity index (χ3n) is 2.94. The summed E-state index contributed by atoms with van der Waals surface area (Å²) in [5, 5.41) is 14.8. The number of thiazole rings is 1. The van der Waals surface area contributed by atoms with Crippen molar-refractivity contribution in [2.24, 2.45) is 0 Å². The van der Waals surface area contributed by atoms with E-state index in [4.69, 9.17) is 0 Å². The summed E-state index contributed by atoms with van der Waals surface area (Å²) in [5.41, 5.74) is 0.858. The van der Waals surface area contributed by atoms with Gasteiger partial charge in [0.25, 0.3) is 5.91 Å². The maximum absolute atomic E-state index is 12.0. The Morgan fingerprint density at radius 2 is 2.33 bits per heavy atom. The highest BCUT2D eigenvalue weighted by atomic mass is 32.2. The lowest BCUT2D eigenvalue weighted by Gasteiger charge is -2.19. The van der Waals surface area contributed by atoms with Crippen molar-refractivity contribution in [2.75, 3.05) is 19.1 Å². The molecule has 0 aliphatic rings. The van der Waals surface area contributed by atoms with E-state index >= 15 is 0 Å². The molecule has 0 spiro atoms. The normalized spacial score (nSPS) is 12.3. The number of carbonyl (C=O) groups is 1. The number of hydrogen-bond acceptors (Lipinski definition) is 6. The van der Waals surface area contributed by atoms with Crippen LogP contribution in [0.5, 0.6) is 0 Å². The Hall–Kier alpha value is -0.890. The Morgan fingerprint density at radius 1 is 1.52 bits per heavy atom. The SMILES string of the molecule is CSCC[C@H](O)C(=O)N(C)Cc1csc(-c2cccs2)n1. The van der Waals surface area contributed by atoms with E-state index in [1.807, 2.05) is 29.1 Å². The van der Waals surface area contributed by atoms with Crippen molar-refractivity contribution >= 4 is 40.3 Å². The number of aliphatic hydroxyl groups is 1.